The molecule has 4 nitrogen and oxygen atoms in total. The third kappa shape index (κ3) is 1.58. The molecule has 0 fully saturated rings. The molecule has 1 aromatic carbocycles. The maximum atomic E-state index is 5.69. The largest absolute Gasteiger partial charge is 0.382 e. The van der Waals surface area contributed by atoms with Gasteiger partial charge < -0.3 is 10.7 Å². The summed E-state index contributed by atoms with van der Waals surface area (Å²) in [5.74, 6) is 0.539. The van der Waals surface area contributed by atoms with Gasteiger partial charge in [0, 0.05) is 24.0 Å². The summed E-state index contributed by atoms with van der Waals surface area (Å²) in [6.07, 6.45) is 0. The standard InChI is InChI=1S/C13H14N4/c1-8-3-4-9-6-11(15-10(9)5-8)12-7-13(14)16-17(12)2/h3-7,15H,1-2H3,(H2,14,16). The fraction of sp³-hybridized carbons (Fsp3) is 0.154. The van der Waals surface area contributed by atoms with Gasteiger partial charge in [-0.1, -0.05) is 12.1 Å². The van der Waals surface area contributed by atoms with Crippen molar-refractivity contribution in [3.8, 4) is 11.4 Å². The zero-order chi connectivity index (χ0) is 12.0. The molecular formula is C13H14N4. The van der Waals surface area contributed by atoms with Gasteiger partial charge in [0.1, 0.15) is 5.82 Å². The highest BCUT2D eigenvalue weighted by Crippen LogP contribution is 2.25. The highest BCUT2D eigenvalue weighted by atomic mass is 15.3. The number of rotatable bonds is 1. The van der Waals surface area contributed by atoms with E-state index in [9.17, 15) is 0 Å². The first-order valence-electron chi connectivity index (χ1n) is 5.53. The Bertz CT molecular complexity index is 691. The third-order valence-corrected chi connectivity index (χ3v) is 2.95. The number of hydrogen-bond donors (Lipinski definition) is 2. The van der Waals surface area contributed by atoms with Gasteiger partial charge >= 0.3 is 0 Å². The molecule has 0 saturated carbocycles. The molecule has 2 aromatic heterocycles. The van der Waals surface area contributed by atoms with E-state index in [-0.39, 0.29) is 0 Å². The van der Waals surface area contributed by atoms with E-state index in [1.165, 1.54) is 10.9 Å². The van der Waals surface area contributed by atoms with Gasteiger partial charge in [-0.25, -0.2) is 0 Å². The van der Waals surface area contributed by atoms with Crippen LogP contribution in [0.1, 0.15) is 5.56 Å². The number of fused-ring (bicyclic) bond motifs is 1. The van der Waals surface area contributed by atoms with Crippen LogP contribution in [0.3, 0.4) is 0 Å². The Morgan fingerprint density at radius 1 is 1.24 bits per heavy atom. The van der Waals surface area contributed by atoms with Crippen LogP contribution < -0.4 is 5.73 Å². The number of H-pyrrole nitrogens is 1. The van der Waals surface area contributed by atoms with Crippen molar-refractivity contribution >= 4 is 16.7 Å². The molecule has 0 amide bonds. The Kier molecular flexibility index (Phi) is 1.98. The van der Waals surface area contributed by atoms with Gasteiger partial charge in [-0.15, -0.1) is 0 Å². The Morgan fingerprint density at radius 3 is 2.76 bits per heavy atom. The fourth-order valence-electron chi connectivity index (χ4n) is 2.12. The molecule has 0 unspecified atom stereocenters. The molecule has 4 heteroatoms. The molecule has 0 aliphatic carbocycles. The maximum Gasteiger partial charge on any atom is 0.146 e. The number of nitrogen functional groups attached to an aromatic ring is 1. The summed E-state index contributed by atoms with van der Waals surface area (Å²) in [7, 11) is 1.89. The van der Waals surface area contributed by atoms with Crippen molar-refractivity contribution in [1.29, 1.82) is 0 Å². The van der Waals surface area contributed by atoms with Crippen molar-refractivity contribution in [2.75, 3.05) is 5.73 Å². The molecule has 0 aliphatic heterocycles. The fourth-order valence-corrected chi connectivity index (χ4v) is 2.12. The van der Waals surface area contributed by atoms with Gasteiger partial charge in [0.25, 0.3) is 0 Å². The molecule has 17 heavy (non-hydrogen) atoms. The lowest BCUT2D eigenvalue weighted by Crippen LogP contribution is -1.94. The summed E-state index contributed by atoms with van der Waals surface area (Å²) >= 11 is 0. The number of hydrogen-bond acceptors (Lipinski definition) is 2. The molecular weight excluding hydrogens is 212 g/mol. The minimum absolute atomic E-state index is 0.539. The maximum absolute atomic E-state index is 5.69. The highest BCUT2D eigenvalue weighted by molar-refractivity contribution is 5.86. The first kappa shape index (κ1) is 9.96. The van der Waals surface area contributed by atoms with Crippen LogP contribution in [0.2, 0.25) is 0 Å². The van der Waals surface area contributed by atoms with Crippen LogP contribution in [0.15, 0.2) is 30.3 Å². The zero-order valence-electron chi connectivity index (χ0n) is 9.86. The van der Waals surface area contributed by atoms with Gasteiger partial charge in [0.15, 0.2) is 0 Å². The predicted molar refractivity (Wildman–Crippen MR) is 69.7 cm³/mol. The Balaban J connectivity index is 2.21. The molecule has 0 atom stereocenters. The molecule has 3 aromatic rings. The Labute approximate surface area is 99.1 Å². The van der Waals surface area contributed by atoms with Crippen molar-refractivity contribution in [1.82, 2.24) is 14.8 Å². The smallest absolute Gasteiger partial charge is 0.146 e. The molecule has 0 bridgehead atoms. The van der Waals surface area contributed by atoms with E-state index in [0.717, 1.165) is 16.9 Å². The summed E-state index contributed by atoms with van der Waals surface area (Å²) in [6.45, 7) is 2.09. The number of nitrogens with zero attached hydrogens (tertiary/aromatic N) is 2. The van der Waals surface area contributed by atoms with Crippen LogP contribution in [0, 0.1) is 6.92 Å². The normalized spacial score (nSPS) is 11.2. The SMILES string of the molecule is Cc1ccc2cc(-c3cc(N)nn3C)[nH]c2c1. The summed E-state index contributed by atoms with van der Waals surface area (Å²) in [4.78, 5) is 3.39. The van der Waals surface area contributed by atoms with E-state index < -0.39 is 0 Å². The molecule has 0 spiro atoms. The summed E-state index contributed by atoms with van der Waals surface area (Å²) < 4.78 is 1.78. The van der Waals surface area contributed by atoms with Crippen LogP contribution in [0.4, 0.5) is 5.82 Å². The van der Waals surface area contributed by atoms with E-state index in [1.807, 2.05) is 13.1 Å². The molecule has 3 N–H and O–H groups in total. The molecule has 3 rings (SSSR count). The number of anilines is 1. The zero-order valence-corrected chi connectivity index (χ0v) is 9.86. The van der Waals surface area contributed by atoms with Crippen molar-refractivity contribution < 1.29 is 0 Å². The lowest BCUT2D eigenvalue weighted by molar-refractivity contribution is 0.778. The van der Waals surface area contributed by atoms with Gasteiger partial charge in [0.2, 0.25) is 0 Å². The number of aromatic nitrogens is 3. The number of aryl methyl sites for hydroxylation is 2. The van der Waals surface area contributed by atoms with Crippen molar-refractivity contribution in [2.24, 2.45) is 7.05 Å². The van der Waals surface area contributed by atoms with Crippen LogP contribution in [0.5, 0.6) is 0 Å². The van der Waals surface area contributed by atoms with E-state index >= 15 is 0 Å². The summed E-state index contributed by atoms with van der Waals surface area (Å²) in [5, 5.41) is 5.35. The van der Waals surface area contributed by atoms with E-state index in [4.69, 9.17) is 5.73 Å². The van der Waals surface area contributed by atoms with Gasteiger partial charge in [-0.2, -0.15) is 5.10 Å². The van der Waals surface area contributed by atoms with Crippen molar-refractivity contribution in [3.05, 3.63) is 35.9 Å². The minimum atomic E-state index is 0.539. The van der Waals surface area contributed by atoms with Crippen LogP contribution >= 0.6 is 0 Å². The summed E-state index contributed by atoms with van der Waals surface area (Å²) in [5.41, 5.74) is 10.1. The van der Waals surface area contributed by atoms with Gasteiger partial charge in [-0.05, 0) is 24.6 Å². The van der Waals surface area contributed by atoms with Crippen molar-refractivity contribution in [2.45, 2.75) is 6.92 Å². The second-order valence-electron chi connectivity index (χ2n) is 4.35. The first-order chi connectivity index (χ1) is 8.13. The van der Waals surface area contributed by atoms with Crippen LogP contribution in [-0.4, -0.2) is 14.8 Å². The van der Waals surface area contributed by atoms with Gasteiger partial charge in [0.05, 0.1) is 11.4 Å². The Hall–Kier alpha value is -2.23. The monoisotopic (exact) mass is 226 g/mol. The van der Waals surface area contributed by atoms with Crippen molar-refractivity contribution in [3.63, 3.8) is 0 Å². The number of benzene rings is 1. The third-order valence-electron chi connectivity index (χ3n) is 2.95. The minimum Gasteiger partial charge on any atom is -0.382 e. The molecule has 0 saturated heterocycles. The van der Waals surface area contributed by atoms with Crippen LogP contribution in [0.25, 0.3) is 22.3 Å². The van der Waals surface area contributed by atoms with E-state index in [0.29, 0.717) is 5.82 Å². The molecule has 0 radical (unpaired) electrons. The number of nitrogens with one attached hydrogen (secondary N) is 1. The van der Waals surface area contributed by atoms with E-state index in [2.05, 4.69) is 41.3 Å². The average molecular weight is 226 g/mol. The lowest BCUT2D eigenvalue weighted by atomic mass is 10.2. The first-order valence-corrected chi connectivity index (χ1v) is 5.53. The van der Waals surface area contributed by atoms with E-state index in [1.54, 1.807) is 4.68 Å². The predicted octanol–water partition coefficient (Wildman–Crippen LogP) is 2.46. The average Bonchev–Trinajstić information content (AvgIpc) is 2.80. The highest BCUT2D eigenvalue weighted by Gasteiger charge is 2.08. The lowest BCUT2D eigenvalue weighted by Gasteiger charge is -1.96. The molecule has 0 aliphatic rings. The second-order valence-corrected chi connectivity index (χ2v) is 4.35. The second kappa shape index (κ2) is 3.38. The molecule has 2 heterocycles. The number of nitrogens with two attached hydrogens (primary N) is 1. The number of aromatic amines is 1. The van der Waals surface area contributed by atoms with Crippen LogP contribution in [-0.2, 0) is 7.05 Å². The topological polar surface area (TPSA) is 59.6 Å². The summed E-state index contributed by atoms with van der Waals surface area (Å²) in [6, 6.07) is 10.4. The quantitative estimate of drug-likeness (QED) is 0.669. The van der Waals surface area contributed by atoms with Gasteiger partial charge in [-0.3, -0.25) is 4.68 Å². The Morgan fingerprint density at radius 2 is 2.06 bits per heavy atom. The molecule has 86 valence electrons.